The van der Waals surface area contributed by atoms with Gasteiger partial charge in [0.2, 0.25) is 5.88 Å². The third-order valence-electron chi connectivity index (χ3n) is 4.52. The van der Waals surface area contributed by atoms with Crippen LogP contribution in [0, 0.1) is 11.6 Å². The fraction of sp³-hybridized carbons (Fsp3) is 0.100. The minimum absolute atomic E-state index is 0.187. The molecule has 0 saturated heterocycles. The Kier molecular flexibility index (Phi) is 5.61. The summed E-state index contributed by atoms with van der Waals surface area (Å²) in [6, 6.07) is 9.12. The van der Waals surface area contributed by atoms with Crippen LogP contribution in [0.4, 0.5) is 20.3 Å². The van der Waals surface area contributed by atoms with E-state index in [0.717, 1.165) is 0 Å². The highest BCUT2D eigenvalue weighted by molar-refractivity contribution is 7.92. The largest absolute Gasteiger partial charge is 0.477 e. The molecule has 4 rings (SSSR count). The molecule has 0 amide bonds. The number of rotatable bonds is 6. The smallest absolute Gasteiger partial charge is 0.263 e. The molecule has 166 valence electrons. The molecule has 2 heterocycles. The second-order valence-electron chi connectivity index (χ2n) is 6.66. The number of pyridine rings is 1. The highest BCUT2D eigenvalue weighted by Crippen LogP contribution is 2.32. The van der Waals surface area contributed by atoms with Crippen LogP contribution in [0.3, 0.4) is 0 Å². The van der Waals surface area contributed by atoms with E-state index in [9.17, 15) is 17.2 Å². The molecule has 0 atom stereocenters. The lowest BCUT2D eigenvalue weighted by atomic mass is 10.1. The fourth-order valence-electron chi connectivity index (χ4n) is 3.05. The lowest BCUT2D eigenvalue weighted by molar-refractivity contribution is 0.332. The van der Waals surface area contributed by atoms with Crippen LogP contribution in [0.5, 0.6) is 5.88 Å². The van der Waals surface area contributed by atoms with Gasteiger partial charge in [-0.1, -0.05) is 23.7 Å². The van der Waals surface area contributed by atoms with E-state index in [2.05, 4.69) is 19.9 Å². The molecule has 0 bridgehead atoms. The fourth-order valence-corrected chi connectivity index (χ4v) is 4.64. The summed E-state index contributed by atoms with van der Waals surface area (Å²) in [7, 11) is -4.25. The highest BCUT2D eigenvalue weighted by Gasteiger charge is 2.21. The van der Waals surface area contributed by atoms with Gasteiger partial charge in [0.25, 0.3) is 10.0 Å². The standard InChI is InChI=1S/C20H16ClF2N5O3S/c1-2-31-20-18-16(26-27-19(18)24)9-15(25-20)10-3-5-11(6-4-10)28-32(29,30)17-8-14(23)13(22)7-12(17)21/h3-9,28H,2H2,1H3,(H3,24,26,27). The third-order valence-corrected chi connectivity index (χ3v) is 6.36. The van der Waals surface area contributed by atoms with Crippen molar-refractivity contribution in [3.8, 4) is 17.1 Å². The van der Waals surface area contributed by atoms with E-state index in [1.807, 2.05) is 6.92 Å². The number of nitrogens with one attached hydrogen (secondary N) is 2. The van der Waals surface area contributed by atoms with E-state index in [-0.39, 0.29) is 11.5 Å². The molecule has 0 aliphatic carbocycles. The van der Waals surface area contributed by atoms with Crippen molar-refractivity contribution in [1.29, 1.82) is 0 Å². The molecule has 0 radical (unpaired) electrons. The Morgan fingerprint density at radius 2 is 1.84 bits per heavy atom. The van der Waals surface area contributed by atoms with Gasteiger partial charge in [0, 0.05) is 11.3 Å². The van der Waals surface area contributed by atoms with Gasteiger partial charge in [-0.25, -0.2) is 22.2 Å². The van der Waals surface area contributed by atoms with Crippen molar-refractivity contribution in [2.75, 3.05) is 17.1 Å². The number of hydrogen-bond donors (Lipinski definition) is 3. The van der Waals surface area contributed by atoms with Crippen molar-refractivity contribution in [3.63, 3.8) is 0 Å². The topological polar surface area (TPSA) is 123 Å². The normalized spacial score (nSPS) is 11.6. The average Bonchev–Trinajstić information content (AvgIpc) is 3.12. The number of halogens is 3. The minimum Gasteiger partial charge on any atom is -0.477 e. The number of nitrogens with two attached hydrogens (primary N) is 1. The molecular formula is C20H16ClF2N5O3S. The van der Waals surface area contributed by atoms with Gasteiger partial charge in [0.15, 0.2) is 17.5 Å². The molecular weight excluding hydrogens is 464 g/mol. The lowest BCUT2D eigenvalue weighted by Crippen LogP contribution is -2.14. The summed E-state index contributed by atoms with van der Waals surface area (Å²) in [5.74, 6) is -1.98. The van der Waals surface area contributed by atoms with E-state index < -0.39 is 31.6 Å². The van der Waals surface area contributed by atoms with Gasteiger partial charge in [-0.05, 0) is 37.3 Å². The van der Waals surface area contributed by atoms with E-state index in [1.165, 1.54) is 12.1 Å². The molecule has 0 aliphatic rings. The molecule has 8 nitrogen and oxygen atoms in total. The number of anilines is 2. The van der Waals surface area contributed by atoms with Crippen molar-refractivity contribution in [2.24, 2.45) is 0 Å². The first-order valence-electron chi connectivity index (χ1n) is 9.24. The number of benzene rings is 2. The summed E-state index contributed by atoms with van der Waals surface area (Å²) < 4.78 is 59.8. The molecule has 0 unspecified atom stereocenters. The molecule has 32 heavy (non-hydrogen) atoms. The zero-order chi connectivity index (χ0) is 23.0. The van der Waals surface area contributed by atoms with Crippen LogP contribution < -0.4 is 15.2 Å². The second-order valence-corrected chi connectivity index (χ2v) is 8.71. The van der Waals surface area contributed by atoms with Crippen LogP contribution in [0.15, 0.2) is 47.4 Å². The first-order valence-corrected chi connectivity index (χ1v) is 11.1. The summed E-state index contributed by atoms with van der Waals surface area (Å²) in [4.78, 5) is 3.90. The van der Waals surface area contributed by atoms with Gasteiger partial charge in [-0.15, -0.1) is 0 Å². The maximum Gasteiger partial charge on any atom is 0.263 e. The number of aromatic nitrogens is 3. The van der Waals surface area contributed by atoms with Gasteiger partial charge in [-0.2, -0.15) is 5.10 Å². The van der Waals surface area contributed by atoms with Gasteiger partial charge in [-0.3, -0.25) is 9.82 Å². The molecule has 0 spiro atoms. The van der Waals surface area contributed by atoms with Gasteiger partial charge < -0.3 is 10.5 Å². The van der Waals surface area contributed by atoms with Crippen LogP contribution in [-0.2, 0) is 10.0 Å². The molecule has 0 saturated carbocycles. The minimum atomic E-state index is -4.25. The Labute approximate surface area is 186 Å². The zero-order valence-electron chi connectivity index (χ0n) is 16.5. The Morgan fingerprint density at radius 3 is 2.53 bits per heavy atom. The lowest BCUT2D eigenvalue weighted by Gasteiger charge is -2.11. The van der Waals surface area contributed by atoms with Gasteiger partial charge >= 0.3 is 0 Å². The van der Waals surface area contributed by atoms with Crippen molar-refractivity contribution in [3.05, 3.63) is 59.1 Å². The number of sulfonamides is 1. The monoisotopic (exact) mass is 479 g/mol. The Morgan fingerprint density at radius 1 is 1.16 bits per heavy atom. The highest BCUT2D eigenvalue weighted by atomic mass is 35.5. The number of fused-ring (bicyclic) bond motifs is 1. The summed E-state index contributed by atoms with van der Waals surface area (Å²) in [5.41, 5.74) is 7.90. The summed E-state index contributed by atoms with van der Waals surface area (Å²) in [5, 5.41) is 6.92. The number of H-pyrrole nitrogens is 1. The predicted molar refractivity (Wildman–Crippen MR) is 117 cm³/mol. The quantitative estimate of drug-likeness (QED) is 0.353. The van der Waals surface area contributed by atoms with Crippen molar-refractivity contribution in [1.82, 2.24) is 15.2 Å². The maximum atomic E-state index is 13.5. The van der Waals surface area contributed by atoms with Crippen molar-refractivity contribution in [2.45, 2.75) is 11.8 Å². The van der Waals surface area contributed by atoms with Crippen LogP contribution in [0.2, 0.25) is 5.02 Å². The molecule has 0 aliphatic heterocycles. The number of nitrogen functional groups attached to an aromatic ring is 1. The third kappa shape index (κ3) is 4.04. The summed E-state index contributed by atoms with van der Waals surface area (Å²) in [6.45, 7) is 2.19. The Bertz CT molecular complexity index is 1430. The second kappa shape index (κ2) is 8.24. The summed E-state index contributed by atoms with van der Waals surface area (Å²) >= 11 is 5.78. The Balaban J connectivity index is 1.65. The van der Waals surface area contributed by atoms with Crippen LogP contribution in [0.25, 0.3) is 22.2 Å². The SMILES string of the molecule is CCOc1nc(-c2ccc(NS(=O)(=O)c3cc(F)c(F)cc3Cl)cc2)cc2[nH]nc(N)c12. The van der Waals surface area contributed by atoms with Crippen molar-refractivity contribution >= 4 is 44.0 Å². The number of aromatic amines is 1. The number of nitrogens with zero attached hydrogens (tertiary/aromatic N) is 2. The number of hydrogen-bond acceptors (Lipinski definition) is 6. The first kappa shape index (κ1) is 21.8. The van der Waals surface area contributed by atoms with Crippen LogP contribution >= 0.6 is 11.6 Å². The maximum absolute atomic E-state index is 13.5. The molecule has 4 N–H and O–H groups in total. The molecule has 12 heteroatoms. The molecule has 4 aromatic rings. The predicted octanol–water partition coefficient (Wildman–Crippen LogP) is 4.34. The number of ether oxygens (including phenoxy) is 1. The van der Waals surface area contributed by atoms with E-state index in [4.69, 9.17) is 22.1 Å². The Hall–Kier alpha value is -3.44. The van der Waals surface area contributed by atoms with Gasteiger partial charge in [0.1, 0.15) is 10.3 Å². The van der Waals surface area contributed by atoms with Crippen LogP contribution in [-0.4, -0.2) is 30.2 Å². The molecule has 2 aromatic heterocycles. The zero-order valence-corrected chi connectivity index (χ0v) is 18.1. The molecule has 2 aromatic carbocycles. The van der Waals surface area contributed by atoms with E-state index in [0.29, 0.717) is 46.8 Å². The van der Waals surface area contributed by atoms with Crippen molar-refractivity contribution < 1.29 is 21.9 Å². The molecule has 0 fully saturated rings. The van der Waals surface area contributed by atoms with Crippen LogP contribution in [0.1, 0.15) is 6.92 Å². The van der Waals surface area contributed by atoms with E-state index in [1.54, 1.807) is 18.2 Å². The first-order chi connectivity index (χ1) is 15.2. The summed E-state index contributed by atoms with van der Waals surface area (Å²) in [6.07, 6.45) is 0. The van der Waals surface area contributed by atoms with E-state index >= 15 is 0 Å². The van der Waals surface area contributed by atoms with Gasteiger partial charge in [0.05, 0.1) is 22.8 Å². The average molecular weight is 480 g/mol.